The fourth-order valence-corrected chi connectivity index (χ4v) is 2.83. The molecule has 0 aromatic heterocycles. The Labute approximate surface area is 112 Å². The van der Waals surface area contributed by atoms with E-state index in [1.165, 1.54) is 6.07 Å². The summed E-state index contributed by atoms with van der Waals surface area (Å²) in [6, 6.07) is 4.95. The average molecular weight is 272 g/mol. The number of rotatable bonds is 2. The summed E-state index contributed by atoms with van der Waals surface area (Å²) in [6.07, 6.45) is 1.59. The van der Waals surface area contributed by atoms with Gasteiger partial charge < -0.3 is 10.0 Å². The summed E-state index contributed by atoms with van der Waals surface area (Å²) in [5, 5.41) is 11.0. The van der Waals surface area contributed by atoms with Gasteiger partial charge in [0.15, 0.2) is 0 Å². The van der Waals surface area contributed by atoms with Crippen LogP contribution in [-0.2, 0) is 6.42 Å². The first-order chi connectivity index (χ1) is 8.41. The Bertz CT molecular complexity index is 420. The van der Waals surface area contributed by atoms with Crippen LogP contribution in [0.3, 0.4) is 0 Å². The molecule has 0 saturated carbocycles. The van der Waals surface area contributed by atoms with Gasteiger partial charge in [-0.3, -0.25) is 0 Å². The van der Waals surface area contributed by atoms with Gasteiger partial charge in [0.05, 0.1) is 5.60 Å². The maximum Gasteiger partial charge on any atom is 0.127 e. The fourth-order valence-electron chi connectivity index (χ4n) is 2.60. The summed E-state index contributed by atoms with van der Waals surface area (Å²) in [4.78, 5) is 2.21. The average Bonchev–Trinajstić information content (AvgIpc) is 2.30. The molecule has 4 heteroatoms. The van der Waals surface area contributed by atoms with Gasteiger partial charge in [0, 0.05) is 29.6 Å². The topological polar surface area (TPSA) is 23.5 Å². The monoisotopic (exact) mass is 271 g/mol. The molecule has 1 saturated heterocycles. The largest absolute Gasteiger partial charge is 0.389 e. The molecule has 0 radical (unpaired) electrons. The number of hydrogen-bond acceptors (Lipinski definition) is 2. The highest BCUT2D eigenvalue weighted by molar-refractivity contribution is 6.31. The van der Waals surface area contributed by atoms with Crippen molar-refractivity contribution in [2.45, 2.75) is 37.8 Å². The van der Waals surface area contributed by atoms with Crippen molar-refractivity contribution in [3.05, 3.63) is 34.6 Å². The number of benzene rings is 1. The van der Waals surface area contributed by atoms with E-state index in [0.717, 1.165) is 6.54 Å². The van der Waals surface area contributed by atoms with Crippen molar-refractivity contribution in [1.82, 2.24) is 4.90 Å². The van der Waals surface area contributed by atoms with Gasteiger partial charge in [0.25, 0.3) is 0 Å². The fraction of sp³-hybridized carbons (Fsp3) is 0.571. The molecule has 2 nitrogen and oxygen atoms in total. The first kappa shape index (κ1) is 13.8. The van der Waals surface area contributed by atoms with Crippen LogP contribution in [0, 0.1) is 5.82 Å². The molecular formula is C14H19ClFNO. The molecule has 1 N–H and O–H groups in total. The van der Waals surface area contributed by atoms with E-state index in [0.29, 0.717) is 29.5 Å². The standard InChI is InChI=1S/C14H19ClFNO/c1-10-8-14(18,6-7-17(10)2)9-11-12(15)4-3-5-13(11)16/h3-5,10,18H,6-9H2,1-2H3. The molecular weight excluding hydrogens is 253 g/mol. The number of halogens is 2. The Kier molecular flexibility index (Phi) is 3.95. The molecule has 0 bridgehead atoms. The highest BCUT2D eigenvalue weighted by atomic mass is 35.5. The smallest absolute Gasteiger partial charge is 0.127 e. The van der Waals surface area contributed by atoms with Crippen LogP contribution in [-0.4, -0.2) is 35.2 Å². The molecule has 100 valence electrons. The Morgan fingerprint density at radius 3 is 2.89 bits per heavy atom. The Morgan fingerprint density at radius 1 is 1.56 bits per heavy atom. The zero-order valence-electron chi connectivity index (χ0n) is 10.8. The van der Waals surface area contributed by atoms with Gasteiger partial charge in [0.2, 0.25) is 0 Å². The molecule has 1 heterocycles. The second-order valence-electron chi connectivity index (χ2n) is 5.39. The van der Waals surface area contributed by atoms with E-state index in [9.17, 15) is 9.50 Å². The third-order valence-electron chi connectivity index (χ3n) is 3.93. The molecule has 2 unspecified atom stereocenters. The van der Waals surface area contributed by atoms with Crippen molar-refractivity contribution >= 4 is 11.6 Å². The minimum absolute atomic E-state index is 0.288. The normalized spacial score (nSPS) is 29.5. The van der Waals surface area contributed by atoms with E-state index in [-0.39, 0.29) is 12.2 Å². The summed E-state index contributed by atoms with van der Waals surface area (Å²) >= 11 is 6.01. The van der Waals surface area contributed by atoms with E-state index >= 15 is 0 Å². The lowest BCUT2D eigenvalue weighted by Gasteiger charge is -2.41. The lowest BCUT2D eigenvalue weighted by atomic mass is 9.82. The van der Waals surface area contributed by atoms with Crippen LogP contribution >= 0.6 is 11.6 Å². The van der Waals surface area contributed by atoms with E-state index < -0.39 is 5.60 Å². The second kappa shape index (κ2) is 5.16. The van der Waals surface area contributed by atoms with Crippen molar-refractivity contribution < 1.29 is 9.50 Å². The van der Waals surface area contributed by atoms with Crippen LogP contribution in [0.15, 0.2) is 18.2 Å². The number of nitrogens with zero attached hydrogens (tertiary/aromatic N) is 1. The number of aliphatic hydroxyl groups is 1. The zero-order chi connectivity index (χ0) is 13.3. The van der Waals surface area contributed by atoms with Crippen LogP contribution in [0.5, 0.6) is 0 Å². The summed E-state index contributed by atoms with van der Waals surface area (Å²) in [5.41, 5.74) is -0.420. The van der Waals surface area contributed by atoms with Crippen LogP contribution in [0.4, 0.5) is 4.39 Å². The minimum Gasteiger partial charge on any atom is -0.389 e. The molecule has 0 spiro atoms. The predicted molar refractivity (Wildman–Crippen MR) is 71.4 cm³/mol. The summed E-state index contributed by atoms with van der Waals surface area (Å²) < 4.78 is 13.7. The number of hydrogen-bond donors (Lipinski definition) is 1. The molecule has 0 amide bonds. The molecule has 2 rings (SSSR count). The highest BCUT2D eigenvalue weighted by Crippen LogP contribution is 2.32. The van der Waals surface area contributed by atoms with Crippen LogP contribution in [0.1, 0.15) is 25.3 Å². The van der Waals surface area contributed by atoms with Crippen molar-refractivity contribution in [3.63, 3.8) is 0 Å². The maximum absolute atomic E-state index is 13.7. The summed E-state index contributed by atoms with van der Waals surface area (Å²) in [5.74, 6) is -0.331. The first-order valence-corrected chi connectivity index (χ1v) is 6.65. The van der Waals surface area contributed by atoms with Crippen LogP contribution in [0.2, 0.25) is 5.02 Å². The van der Waals surface area contributed by atoms with Gasteiger partial charge in [-0.15, -0.1) is 0 Å². The van der Waals surface area contributed by atoms with Crippen molar-refractivity contribution in [2.75, 3.05) is 13.6 Å². The summed E-state index contributed by atoms with van der Waals surface area (Å²) in [6.45, 7) is 2.90. The minimum atomic E-state index is -0.849. The van der Waals surface area contributed by atoms with Gasteiger partial charge in [-0.05, 0) is 38.9 Å². The van der Waals surface area contributed by atoms with Gasteiger partial charge in [-0.25, -0.2) is 4.39 Å². The van der Waals surface area contributed by atoms with E-state index in [4.69, 9.17) is 11.6 Å². The van der Waals surface area contributed by atoms with Gasteiger partial charge in [0.1, 0.15) is 5.82 Å². The third-order valence-corrected chi connectivity index (χ3v) is 4.28. The summed E-state index contributed by atoms with van der Waals surface area (Å²) in [7, 11) is 2.04. The third kappa shape index (κ3) is 2.85. The van der Waals surface area contributed by atoms with E-state index in [2.05, 4.69) is 11.8 Å². The maximum atomic E-state index is 13.7. The zero-order valence-corrected chi connectivity index (χ0v) is 11.5. The van der Waals surface area contributed by atoms with E-state index in [1.54, 1.807) is 12.1 Å². The number of piperidine rings is 1. The van der Waals surface area contributed by atoms with Crippen molar-refractivity contribution in [1.29, 1.82) is 0 Å². The second-order valence-corrected chi connectivity index (χ2v) is 5.79. The van der Waals surface area contributed by atoms with Crippen molar-refractivity contribution in [3.8, 4) is 0 Å². The lowest BCUT2D eigenvalue weighted by Crippen LogP contribution is -2.48. The van der Waals surface area contributed by atoms with Crippen LogP contribution < -0.4 is 0 Å². The molecule has 0 aliphatic carbocycles. The van der Waals surface area contributed by atoms with Crippen LogP contribution in [0.25, 0.3) is 0 Å². The highest BCUT2D eigenvalue weighted by Gasteiger charge is 2.36. The van der Waals surface area contributed by atoms with Crippen molar-refractivity contribution in [2.24, 2.45) is 0 Å². The molecule has 2 atom stereocenters. The quantitative estimate of drug-likeness (QED) is 0.894. The Morgan fingerprint density at radius 2 is 2.28 bits per heavy atom. The Balaban J connectivity index is 2.18. The Hall–Kier alpha value is -0.640. The molecule has 1 aromatic carbocycles. The molecule has 1 aliphatic rings. The van der Waals surface area contributed by atoms with Gasteiger partial charge >= 0.3 is 0 Å². The number of likely N-dealkylation sites (tertiary alicyclic amines) is 1. The van der Waals surface area contributed by atoms with E-state index in [1.807, 2.05) is 7.05 Å². The lowest BCUT2D eigenvalue weighted by molar-refractivity contribution is -0.0358. The van der Waals surface area contributed by atoms with Gasteiger partial charge in [-0.2, -0.15) is 0 Å². The molecule has 1 aromatic rings. The first-order valence-electron chi connectivity index (χ1n) is 6.27. The molecule has 18 heavy (non-hydrogen) atoms. The predicted octanol–water partition coefficient (Wildman–Crippen LogP) is 2.87. The van der Waals surface area contributed by atoms with Gasteiger partial charge in [-0.1, -0.05) is 17.7 Å². The molecule has 1 aliphatic heterocycles. The molecule has 1 fully saturated rings. The SMILES string of the molecule is CC1CC(O)(Cc2c(F)cccc2Cl)CCN1C.